The van der Waals surface area contributed by atoms with Gasteiger partial charge in [-0.1, -0.05) is 123 Å². The first kappa shape index (κ1) is 50.0. The summed E-state index contributed by atoms with van der Waals surface area (Å²) >= 11 is 0. The van der Waals surface area contributed by atoms with Crippen LogP contribution in [0.3, 0.4) is 0 Å². The molecule has 0 aliphatic heterocycles. The molecular weight excluding hydrogens is 492 g/mol. The first-order valence-electron chi connectivity index (χ1n) is 12.5. The maximum absolute atomic E-state index is 9.30. The third-order valence-corrected chi connectivity index (χ3v) is 6.53. The summed E-state index contributed by atoms with van der Waals surface area (Å²) in [4.78, 5) is 0. The molecule has 3 atom stereocenters. The molecule has 0 aliphatic carbocycles. The molecule has 0 bridgehead atoms. The predicted octanol–water partition coefficient (Wildman–Crippen LogP) is 12.8. The first-order chi connectivity index (χ1) is 16.1. The zero-order valence-electron chi connectivity index (χ0n) is 22.0. The van der Waals surface area contributed by atoms with E-state index in [1.165, 1.54) is 16.7 Å². The Hall–Kier alpha value is -2.94. The summed E-state index contributed by atoms with van der Waals surface area (Å²) in [7, 11) is 0. The van der Waals surface area contributed by atoms with Gasteiger partial charge in [-0.25, -0.2) is 0 Å². The highest BCUT2D eigenvalue weighted by molar-refractivity contribution is 5.36. The third kappa shape index (κ3) is 17.6. The molecule has 0 amide bonds. The Morgan fingerprint density at radius 2 is 0.900 bits per heavy atom. The number of aromatic hydroxyl groups is 3. The number of rotatable bonds is 6. The van der Waals surface area contributed by atoms with E-state index in [0.29, 0.717) is 35.0 Å². The number of benzene rings is 3. The third-order valence-electron chi connectivity index (χ3n) is 6.53. The maximum Gasteiger partial charge on any atom is 0.118 e. The van der Waals surface area contributed by atoms with E-state index in [4.69, 9.17) is 10.2 Å². The lowest BCUT2D eigenvalue weighted by atomic mass is 9.97. The lowest BCUT2D eigenvalue weighted by molar-refractivity contribution is 0.470. The van der Waals surface area contributed by atoms with Gasteiger partial charge in [-0.15, -0.1) is 0 Å². The van der Waals surface area contributed by atoms with E-state index in [9.17, 15) is 5.11 Å². The number of hydrogen-bond donors (Lipinski definition) is 3. The van der Waals surface area contributed by atoms with Gasteiger partial charge in [0, 0.05) is 0 Å². The van der Waals surface area contributed by atoms with Gasteiger partial charge in [0.2, 0.25) is 0 Å². The molecule has 0 aromatic heterocycles. The molecule has 234 valence electrons. The highest BCUT2D eigenvalue weighted by Gasteiger charge is 2.04. The van der Waals surface area contributed by atoms with Crippen molar-refractivity contribution in [2.24, 2.45) is 0 Å². The fourth-order valence-corrected chi connectivity index (χ4v) is 3.33. The van der Waals surface area contributed by atoms with Gasteiger partial charge in [0.25, 0.3) is 0 Å². The largest absolute Gasteiger partial charge is 0.508 e. The van der Waals surface area contributed by atoms with Crippen molar-refractivity contribution in [3.63, 3.8) is 0 Å². The minimum absolute atomic E-state index is 0. The predicted molar refractivity (Wildman–Crippen MR) is 186 cm³/mol. The molecule has 3 N–H and O–H groups in total. The Labute approximate surface area is 251 Å². The average molecular weight is 561 g/mol. The van der Waals surface area contributed by atoms with Gasteiger partial charge in [0.15, 0.2) is 0 Å². The minimum Gasteiger partial charge on any atom is -0.508 e. The maximum atomic E-state index is 9.30. The van der Waals surface area contributed by atoms with Crippen LogP contribution >= 0.6 is 0 Å². The topological polar surface area (TPSA) is 60.7 Å². The quantitative estimate of drug-likeness (QED) is 0.281. The number of phenols is 3. The molecule has 0 heterocycles. The van der Waals surface area contributed by atoms with E-state index in [-0.39, 0.29) is 44.6 Å². The van der Waals surface area contributed by atoms with Crippen molar-refractivity contribution in [1.29, 1.82) is 0 Å². The normalized spacial score (nSPS) is 11.0. The molecule has 3 heteroatoms. The van der Waals surface area contributed by atoms with Crippen LogP contribution in [0.2, 0.25) is 0 Å². The van der Waals surface area contributed by atoms with Crippen LogP contribution in [0.5, 0.6) is 17.2 Å². The average Bonchev–Trinajstić information content (AvgIpc) is 2.85. The van der Waals surface area contributed by atoms with E-state index in [0.717, 1.165) is 24.8 Å². The molecule has 0 spiro atoms. The van der Waals surface area contributed by atoms with Gasteiger partial charge in [0.05, 0.1) is 0 Å². The molecule has 3 rings (SSSR count). The van der Waals surface area contributed by atoms with E-state index in [2.05, 4.69) is 47.6 Å². The number of aryl methyl sites for hydroxylation is 1. The van der Waals surface area contributed by atoms with Crippen LogP contribution in [-0.4, -0.2) is 15.3 Å². The molecule has 0 saturated carbocycles. The summed E-state index contributed by atoms with van der Waals surface area (Å²) in [6.07, 6.45) is 3.40. The fraction of sp³-hybridized carbons (Fsp3) is 0.514. The van der Waals surface area contributed by atoms with Crippen molar-refractivity contribution in [2.45, 2.75) is 130 Å². The van der Waals surface area contributed by atoms with Crippen molar-refractivity contribution in [3.8, 4) is 17.2 Å². The second-order valence-electron chi connectivity index (χ2n) is 9.16. The summed E-state index contributed by atoms with van der Waals surface area (Å²) in [6.45, 7) is 15.0. The van der Waals surface area contributed by atoms with Crippen LogP contribution in [0.4, 0.5) is 0 Å². The zero-order chi connectivity index (χ0) is 25.7. The first-order valence-corrected chi connectivity index (χ1v) is 12.5. The van der Waals surface area contributed by atoms with Gasteiger partial charge >= 0.3 is 0 Å². The van der Waals surface area contributed by atoms with E-state index < -0.39 is 0 Å². The van der Waals surface area contributed by atoms with Crippen LogP contribution in [0.1, 0.15) is 145 Å². The summed E-state index contributed by atoms with van der Waals surface area (Å²) < 4.78 is 0. The molecule has 0 radical (unpaired) electrons. The Morgan fingerprint density at radius 3 is 1.30 bits per heavy atom. The van der Waals surface area contributed by atoms with Gasteiger partial charge < -0.3 is 15.3 Å². The smallest absolute Gasteiger partial charge is 0.118 e. The summed E-state index contributed by atoms with van der Waals surface area (Å²) in [5, 5.41) is 27.5. The van der Waals surface area contributed by atoms with Crippen LogP contribution in [0.15, 0.2) is 66.7 Å². The van der Waals surface area contributed by atoms with E-state index in [1.54, 1.807) is 24.3 Å². The van der Waals surface area contributed by atoms with Crippen molar-refractivity contribution in [2.75, 3.05) is 0 Å². The number of phenolic OH excluding ortho intramolecular Hbond substituents is 3. The SMILES string of the molecule is C.C.C.C.C.C.CCC(C)c1ccc(O)c(C)c1.CCC(C)c1ccc(O)cc1.CCC(C)c1cccc(O)c1. The van der Waals surface area contributed by atoms with E-state index in [1.807, 2.05) is 43.3 Å². The minimum atomic E-state index is 0. The molecule has 0 saturated heterocycles. The monoisotopic (exact) mass is 561 g/mol. The van der Waals surface area contributed by atoms with Crippen LogP contribution < -0.4 is 0 Å². The second-order valence-corrected chi connectivity index (χ2v) is 9.16. The van der Waals surface area contributed by atoms with Crippen LogP contribution in [0.25, 0.3) is 0 Å². The highest BCUT2D eigenvalue weighted by atomic mass is 16.3. The molecule has 3 nitrogen and oxygen atoms in total. The summed E-state index contributed by atoms with van der Waals surface area (Å²) in [5.74, 6) is 2.82. The van der Waals surface area contributed by atoms with Crippen molar-refractivity contribution < 1.29 is 15.3 Å². The van der Waals surface area contributed by atoms with Gasteiger partial charge in [-0.05, 0) is 96.5 Å². The molecule has 0 fully saturated rings. The molecule has 3 unspecified atom stereocenters. The zero-order valence-corrected chi connectivity index (χ0v) is 22.0. The Kier molecular flexibility index (Phi) is 32.8. The molecule has 3 aromatic carbocycles. The lowest BCUT2D eigenvalue weighted by Crippen LogP contribution is -1.91. The van der Waals surface area contributed by atoms with E-state index >= 15 is 0 Å². The Bertz CT molecular complexity index is 963. The second kappa shape index (κ2) is 26.3. The van der Waals surface area contributed by atoms with Gasteiger partial charge in [-0.3, -0.25) is 0 Å². The van der Waals surface area contributed by atoms with Crippen LogP contribution in [-0.2, 0) is 0 Å². The standard InChI is InChI=1S/C11H16O.2C10H14O.6CH4/c1-4-8(2)10-5-6-11(12)9(3)7-10;1-3-8(2)9-4-6-10(11)7-5-9;1-3-8(2)9-5-4-6-10(11)7-9;;;;;;/h5-8,12H,4H2,1-3H3;2*4-8,11H,3H2,1-2H3;6*1H4. The van der Waals surface area contributed by atoms with Crippen molar-refractivity contribution >= 4 is 0 Å². The molecule has 3 aromatic rings. The lowest BCUT2D eigenvalue weighted by Gasteiger charge is -2.09. The van der Waals surface area contributed by atoms with Gasteiger partial charge in [-0.2, -0.15) is 0 Å². The summed E-state index contributed by atoms with van der Waals surface area (Å²) in [6, 6.07) is 20.7. The van der Waals surface area contributed by atoms with Crippen LogP contribution in [0, 0.1) is 6.92 Å². The fourth-order valence-electron chi connectivity index (χ4n) is 3.33. The number of hydrogen-bond acceptors (Lipinski definition) is 3. The van der Waals surface area contributed by atoms with Crippen molar-refractivity contribution in [3.05, 3.63) is 89.0 Å². The molecule has 40 heavy (non-hydrogen) atoms. The Balaban J connectivity index is -0.000000101. The highest BCUT2D eigenvalue weighted by Crippen LogP contribution is 2.24. The van der Waals surface area contributed by atoms with Gasteiger partial charge in [0.1, 0.15) is 17.2 Å². The molecular formula is C37H68O3. The molecule has 0 aliphatic rings. The summed E-state index contributed by atoms with van der Waals surface area (Å²) in [5.41, 5.74) is 4.79. The van der Waals surface area contributed by atoms with Crippen molar-refractivity contribution in [1.82, 2.24) is 0 Å². The Morgan fingerprint density at radius 1 is 0.500 bits per heavy atom.